The third-order valence-corrected chi connectivity index (χ3v) is 3.11. The van der Waals surface area contributed by atoms with Crippen molar-refractivity contribution in [3.8, 4) is 17.0 Å². The lowest BCUT2D eigenvalue weighted by Gasteiger charge is -2.10. The van der Waals surface area contributed by atoms with Crippen LogP contribution in [-0.2, 0) is 0 Å². The molecule has 0 spiro atoms. The number of aromatic nitrogens is 1. The number of anilines is 1. The predicted octanol–water partition coefficient (Wildman–Crippen LogP) is 2.59. The number of H-pyrrole nitrogens is 1. The lowest BCUT2D eigenvalue weighted by Crippen LogP contribution is -1.98. The van der Waals surface area contributed by atoms with Gasteiger partial charge in [-0.1, -0.05) is 0 Å². The number of hydrogen-bond donors (Lipinski definition) is 3. The maximum Gasteiger partial charge on any atom is 0.339 e. The summed E-state index contributed by atoms with van der Waals surface area (Å²) in [5.74, 6) is -0.0718. The van der Waals surface area contributed by atoms with Crippen LogP contribution in [0.1, 0.15) is 21.5 Å². The Labute approximate surface area is 111 Å². The average molecular weight is 260 g/mol. The molecule has 0 aliphatic rings. The molecule has 100 valence electrons. The smallest absolute Gasteiger partial charge is 0.339 e. The second kappa shape index (κ2) is 4.68. The molecule has 2 aromatic rings. The number of methoxy groups -OCH3 is 1. The van der Waals surface area contributed by atoms with E-state index in [1.54, 1.807) is 13.2 Å². The van der Waals surface area contributed by atoms with Crippen molar-refractivity contribution < 1.29 is 14.6 Å². The van der Waals surface area contributed by atoms with Crippen molar-refractivity contribution in [2.24, 2.45) is 0 Å². The van der Waals surface area contributed by atoms with Crippen LogP contribution in [0, 0.1) is 13.8 Å². The van der Waals surface area contributed by atoms with Crippen molar-refractivity contribution >= 4 is 11.8 Å². The van der Waals surface area contributed by atoms with Crippen LogP contribution in [0.2, 0.25) is 0 Å². The number of aromatic amines is 1. The first kappa shape index (κ1) is 13.0. The van der Waals surface area contributed by atoms with E-state index in [4.69, 9.17) is 15.6 Å². The van der Waals surface area contributed by atoms with Crippen LogP contribution in [0.15, 0.2) is 18.2 Å². The molecule has 19 heavy (non-hydrogen) atoms. The Balaban J connectivity index is 2.56. The molecule has 5 heteroatoms. The zero-order chi connectivity index (χ0) is 14.2. The third kappa shape index (κ3) is 2.27. The number of carboxylic acids is 1. The zero-order valence-corrected chi connectivity index (χ0v) is 11.1. The highest BCUT2D eigenvalue weighted by Crippen LogP contribution is 2.31. The number of nitrogens with one attached hydrogen (secondary N) is 1. The fourth-order valence-electron chi connectivity index (χ4n) is 2.09. The van der Waals surface area contributed by atoms with Gasteiger partial charge >= 0.3 is 5.97 Å². The second-order valence-electron chi connectivity index (χ2n) is 4.45. The summed E-state index contributed by atoms with van der Waals surface area (Å²) in [5, 5.41) is 9.01. The van der Waals surface area contributed by atoms with Crippen LogP contribution in [0.25, 0.3) is 11.3 Å². The second-order valence-corrected chi connectivity index (χ2v) is 4.45. The van der Waals surface area contributed by atoms with Gasteiger partial charge in [0.25, 0.3) is 0 Å². The lowest BCUT2D eigenvalue weighted by atomic mass is 10.0. The predicted molar refractivity (Wildman–Crippen MR) is 73.6 cm³/mol. The van der Waals surface area contributed by atoms with E-state index in [1.165, 1.54) is 0 Å². The van der Waals surface area contributed by atoms with E-state index in [9.17, 15) is 4.79 Å². The van der Waals surface area contributed by atoms with Crippen LogP contribution in [0.3, 0.4) is 0 Å². The molecular weight excluding hydrogens is 244 g/mol. The van der Waals surface area contributed by atoms with Gasteiger partial charge in [-0.3, -0.25) is 0 Å². The van der Waals surface area contributed by atoms with E-state index in [0.717, 1.165) is 22.4 Å². The van der Waals surface area contributed by atoms with Gasteiger partial charge in [-0.15, -0.1) is 0 Å². The minimum atomic E-state index is -1.04. The van der Waals surface area contributed by atoms with Crippen molar-refractivity contribution in [1.82, 2.24) is 4.98 Å². The molecule has 0 amide bonds. The monoisotopic (exact) mass is 260 g/mol. The largest absolute Gasteiger partial charge is 0.496 e. The summed E-state index contributed by atoms with van der Waals surface area (Å²) in [4.78, 5) is 13.9. The minimum absolute atomic E-state index is 0.0860. The molecule has 0 saturated carbocycles. The van der Waals surface area contributed by atoms with Crippen molar-refractivity contribution in [2.75, 3.05) is 12.8 Å². The maximum absolute atomic E-state index is 11.0. The maximum atomic E-state index is 11.0. The van der Waals surface area contributed by atoms with E-state index in [0.29, 0.717) is 5.69 Å². The fourth-order valence-corrected chi connectivity index (χ4v) is 2.09. The molecule has 0 saturated heterocycles. The fraction of sp³-hybridized carbons (Fsp3) is 0.214. The molecule has 5 nitrogen and oxygen atoms in total. The van der Waals surface area contributed by atoms with E-state index >= 15 is 0 Å². The number of aromatic carboxylic acids is 1. The molecule has 0 aliphatic carbocycles. The van der Waals surface area contributed by atoms with E-state index in [-0.39, 0.29) is 11.4 Å². The van der Waals surface area contributed by atoms with Crippen molar-refractivity contribution in [3.05, 3.63) is 34.9 Å². The summed E-state index contributed by atoms with van der Waals surface area (Å²) in [6, 6.07) is 5.42. The normalized spacial score (nSPS) is 10.5. The summed E-state index contributed by atoms with van der Waals surface area (Å²) in [6.07, 6.45) is 0. The molecule has 0 radical (unpaired) electrons. The molecule has 0 fully saturated rings. The lowest BCUT2D eigenvalue weighted by molar-refractivity contribution is 0.0698. The Morgan fingerprint density at radius 1 is 1.26 bits per heavy atom. The number of benzene rings is 1. The molecule has 1 aromatic carbocycles. The van der Waals surface area contributed by atoms with Crippen molar-refractivity contribution in [2.45, 2.75) is 13.8 Å². The number of carbonyl (C=O) groups is 1. The number of ether oxygens (including phenoxy) is 1. The van der Waals surface area contributed by atoms with Gasteiger partial charge in [0.2, 0.25) is 0 Å². The van der Waals surface area contributed by atoms with Gasteiger partial charge in [-0.25, -0.2) is 4.79 Å². The van der Waals surface area contributed by atoms with E-state index in [1.807, 2.05) is 26.0 Å². The van der Waals surface area contributed by atoms with Gasteiger partial charge in [0.15, 0.2) is 0 Å². The molecule has 4 N–H and O–H groups in total. The van der Waals surface area contributed by atoms with Crippen molar-refractivity contribution in [3.63, 3.8) is 0 Å². The van der Waals surface area contributed by atoms with Crippen LogP contribution >= 0.6 is 0 Å². The zero-order valence-electron chi connectivity index (χ0n) is 11.1. The molecule has 0 aliphatic heterocycles. The Kier molecular flexibility index (Phi) is 3.21. The van der Waals surface area contributed by atoms with Gasteiger partial charge in [0.05, 0.1) is 7.11 Å². The SMILES string of the molecule is COc1cc(C)c(-c2cc(C(=O)O)c(N)[nH]2)cc1C. The van der Waals surface area contributed by atoms with Gasteiger partial charge in [-0.2, -0.15) is 0 Å². The minimum Gasteiger partial charge on any atom is -0.496 e. The number of rotatable bonds is 3. The van der Waals surface area contributed by atoms with Crippen LogP contribution in [0.4, 0.5) is 5.82 Å². The molecule has 1 aromatic heterocycles. The molecule has 0 atom stereocenters. The number of nitrogens with two attached hydrogens (primary N) is 1. The highest BCUT2D eigenvalue weighted by molar-refractivity contribution is 5.95. The number of nitrogen functional groups attached to an aromatic ring is 1. The third-order valence-electron chi connectivity index (χ3n) is 3.11. The number of carboxylic acid groups (broad SMARTS) is 1. The van der Waals surface area contributed by atoms with E-state index < -0.39 is 5.97 Å². The van der Waals surface area contributed by atoms with Crippen LogP contribution in [0.5, 0.6) is 5.75 Å². The first-order chi connectivity index (χ1) is 8.93. The Bertz CT molecular complexity index is 644. The molecular formula is C14H16N2O3. The van der Waals surface area contributed by atoms with Crippen LogP contribution in [-0.4, -0.2) is 23.2 Å². The summed E-state index contributed by atoms with van der Waals surface area (Å²) in [7, 11) is 1.62. The topological polar surface area (TPSA) is 88.3 Å². The first-order valence-electron chi connectivity index (χ1n) is 5.81. The first-order valence-corrected chi connectivity index (χ1v) is 5.81. The Morgan fingerprint density at radius 3 is 2.47 bits per heavy atom. The highest BCUT2D eigenvalue weighted by Gasteiger charge is 2.15. The Morgan fingerprint density at radius 2 is 1.95 bits per heavy atom. The quantitative estimate of drug-likeness (QED) is 0.791. The standard InChI is InChI=1S/C14H16N2O3/c1-7-5-12(19-3)8(2)4-9(7)11-6-10(14(17)18)13(15)16-11/h4-6,16H,15H2,1-3H3,(H,17,18). The summed E-state index contributed by atoms with van der Waals surface area (Å²) < 4.78 is 5.25. The number of hydrogen-bond acceptors (Lipinski definition) is 3. The van der Waals surface area contributed by atoms with E-state index in [2.05, 4.69) is 4.98 Å². The molecule has 0 unspecified atom stereocenters. The summed E-state index contributed by atoms with van der Waals surface area (Å²) in [5.41, 5.74) is 9.32. The average Bonchev–Trinajstić information content (AvgIpc) is 2.73. The summed E-state index contributed by atoms with van der Waals surface area (Å²) >= 11 is 0. The Hall–Kier alpha value is -2.43. The van der Waals surface area contributed by atoms with Gasteiger partial charge in [0.1, 0.15) is 17.1 Å². The highest BCUT2D eigenvalue weighted by atomic mass is 16.5. The van der Waals surface area contributed by atoms with Gasteiger partial charge < -0.3 is 20.6 Å². The molecule has 0 bridgehead atoms. The number of aryl methyl sites for hydroxylation is 2. The molecule has 1 heterocycles. The summed E-state index contributed by atoms with van der Waals surface area (Å²) in [6.45, 7) is 3.88. The van der Waals surface area contributed by atoms with Gasteiger partial charge in [0, 0.05) is 11.3 Å². The van der Waals surface area contributed by atoms with Crippen molar-refractivity contribution in [1.29, 1.82) is 0 Å². The molecule has 2 rings (SSSR count). The van der Waals surface area contributed by atoms with Crippen LogP contribution < -0.4 is 10.5 Å². The van der Waals surface area contributed by atoms with Gasteiger partial charge in [-0.05, 0) is 43.2 Å².